The first kappa shape index (κ1) is 22.1. The fourth-order valence-corrected chi connectivity index (χ4v) is 4.71. The van der Waals surface area contributed by atoms with E-state index in [1.54, 1.807) is 19.3 Å². The standard InChI is InChI=1S/C24H31N5O3/c1-2-31-23(30)24(8-13-29(14-9-24)19-6-11-27-12-7-19)21(22(25)26)32-20-4-3-17-5-10-28-16-18(17)15-20/h3-4,6-7,11-12,15,21,28H,2,5,8-10,13-14,16H2,1H3,(H3,25,26). The van der Waals surface area contributed by atoms with Crippen molar-refractivity contribution in [1.29, 1.82) is 5.41 Å². The first-order valence-electron chi connectivity index (χ1n) is 11.2. The van der Waals surface area contributed by atoms with E-state index < -0.39 is 11.5 Å². The average molecular weight is 438 g/mol. The van der Waals surface area contributed by atoms with Crippen LogP contribution in [0, 0.1) is 10.8 Å². The van der Waals surface area contributed by atoms with E-state index in [-0.39, 0.29) is 18.4 Å². The van der Waals surface area contributed by atoms with E-state index in [4.69, 9.17) is 20.6 Å². The molecule has 0 amide bonds. The lowest BCUT2D eigenvalue weighted by atomic mass is 9.73. The van der Waals surface area contributed by atoms with Gasteiger partial charge in [0.1, 0.15) is 17.0 Å². The lowest BCUT2D eigenvalue weighted by Crippen LogP contribution is -2.57. The first-order chi connectivity index (χ1) is 15.5. The van der Waals surface area contributed by atoms with Gasteiger partial charge >= 0.3 is 5.97 Å². The third kappa shape index (κ3) is 4.41. The van der Waals surface area contributed by atoms with Crippen LogP contribution in [0.2, 0.25) is 0 Å². The maximum atomic E-state index is 13.2. The van der Waals surface area contributed by atoms with Crippen molar-refractivity contribution in [3.8, 4) is 5.75 Å². The molecule has 2 aliphatic heterocycles. The highest BCUT2D eigenvalue weighted by Gasteiger charge is 2.52. The van der Waals surface area contributed by atoms with Crippen LogP contribution in [-0.4, -0.2) is 49.1 Å². The molecular formula is C24H31N5O3. The Morgan fingerprint density at radius 3 is 2.69 bits per heavy atom. The van der Waals surface area contributed by atoms with Crippen molar-refractivity contribution in [1.82, 2.24) is 10.3 Å². The zero-order chi connectivity index (χ0) is 22.6. The number of anilines is 1. The van der Waals surface area contributed by atoms with E-state index in [9.17, 15) is 4.79 Å². The van der Waals surface area contributed by atoms with Gasteiger partial charge < -0.3 is 25.4 Å². The Bertz CT molecular complexity index is 957. The average Bonchev–Trinajstić information content (AvgIpc) is 2.83. The van der Waals surface area contributed by atoms with Crippen LogP contribution in [0.5, 0.6) is 5.75 Å². The third-order valence-electron chi connectivity index (χ3n) is 6.47. The lowest BCUT2D eigenvalue weighted by molar-refractivity contribution is -0.161. The fourth-order valence-electron chi connectivity index (χ4n) is 4.71. The predicted octanol–water partition coefficient (Wildman–Crippen LogP) is 2.26. The van der Waals surface area contributed by atoms with Crippen molar-refractivity contribution in [2.24, 2.45) is 11.1 Å². The summed E-state index contributed by atoms with van der Waals surface area (Å²) in [4.78, 5) is 19.5. The number of carbonyl (C=O) groups is 1. The molecule has 170 valence electrons. The van der Waals surface area contributed by atoms with Gasteiger partial charge in [-0.25, -0.2) is 0 Å². The second kappa shape index (κ2) is 9.56. The number of aromatic nitrogens is 1. The van der Waals surface area contributed by atoms with Crippen molar-refractivity contribution in [3.63, 3.8) is 0 Å². The zero-order valence-electron chi connectivity index (χ0n) is 18.5. The predicted molar refractivity (Wildman–Crippen MR) is 123 cm³/mol. The van der Waals surface area contributed by atoms with Gasteiger partial charge in [-0.05, 0) is 68.1 Å². The van der Waals surface area contributed by atoms with Gasteiger partial charge in [-0.15, -0.1) is 0 Å². The van der Waals surface area contributed by atoms with E-state index in [0.717, 1.165) is 25.2 Å². The van der Waals surface area contributed by atoms with Crippen LogP contribution in [0.15, 0.2) is 42.7 Å². The molecule has 1 unspecified atom stereocenters. The summed E-state index contributed by atoms with van der Waals surface area (Å²) in [5.74, 6) is 0.105. The summed E-state index contributed by atoms with van der Waals surface area (Å²) in [5.41, 5.74) is 8.54. The molecule has 0 saturated carbocycles. The molecule has 0 radical (unpaired) electrons. The van der Waals surface area contributed by atoms with E-state index in [0.29, 0.717) is 31.7 Å². The highest BCUT2D eigenvalue weighted by Crippen LogP contribution is 2.40. The number of nitrogens with two attached hydrogens (primary N) is 1. The maximum absolute atomic E-state index is 13.2. The van der Waals surface area contributed by atoms with Gasteiger partial charge in [-0.1, -0.05) is 6.07 Å². The molecule has 4 N–H and O–H groups in total. The molecule has 0 bridgehead atoms. The Kier molecular flexibility index (Phi) is 6.60. The minimum absolute atomic E-state index is 0.161. The Hall–Kier alpha value is -3.13. The Morgan fingerprint density at radius 2 is 2.00 bits per heavy atom. The molecule has 3 heterocycles. The molecule has 1 aromatic heterocycles. The van der Waals surface area contributed by atoms with Gasteiger partial charge in [0, 0.05) is 37.7 Å². The highest BCUT2D eigenvalue weighted by molar-refractivity contribution is 5.91. The van der Waals surface area contributed by atoms with E-state index in [1.807, 2.05) is 24.3 Å². The molecule has 2 aliphatic rings. The van der Waals surface area contributed by atoms with Crippen LogP contribution in [0.3, 0.4) is 0 Å². The maximum Gasteiger partial charge on any atom is 0.316 e. The van der Waals surface area contributed by atoms with Gasteiger partial charge in [-0.3, -0.25) is 15.2 Å². The summed E-state index contributed by atoms with van der Waals surface area (Å²) < 4.78 is 11.8. The number of nitrogens with one attached hydrogen (secondary N) is 2. The summed E-state index contributed by atoms with van der Waals surface area (Å²) in [5, 5.41) is 11.7. The number of nitrogens with zero attached hydrogens (tertiary/aromatic N) is 2. The Balaban J connectivity index is 1.60. The molecule has 1 atom stereocenters. The number of hydrogen-bond donors (Lipinski definition) is 3. The van der Waals surface area contributed by atoms with Gasteiger partial charge in [-0.2, -0.15) is 0 Å². The molecule has 4 rings (SSSR count). The van der Waals surface area contributed by atoms with E-state index in [2.05, 4.69) is 21.3 Å². The van der Waals surface area contributed by atoms with Gasteiger partial charge in [0.05, 0.1) is 6.61 Å². The highest BCUT2D eigenvalue weighted by atomic mass is 16.5. The fraction of sp³-hybridized carbons (Fsp3) is 0.458. The Labute approximate surface area is 188 Å². The monoisotopic (exact) mass is 437 g/mol. The van der Waals surface area contributed by atoms with E-state index >= 15 is 0 Å². The van der Waals surface area contributed by atoms with Gasteiger partial charge in [0.2, 0.25) is 0 Å². The summed E-state index contributed by atoms with van der Waals surface area (Å²) in [6.45, 7) is 5.06. The van der Waals surface area contributed by atoms with Crippen LogP contribution in [0.25, 0.3) is 0 Å². The van der Waals surface area contributed by atoms with Crippen molar-refractivity contribution in [3.05, 3.63) is 53.9 Å². The topological polar surface area (TPSA) is 114 Å². The minimum atomic E-state index is -1.01. The quantitative estimate of drug-likeness (QED) is 0.346. The molecule has 1 aromatic carbocycles. The van der Waals surface area contributed by atoms with Crippen molar-refractivity contribution in [2.75, 3.05) is 31.1 Å². The van der Waals surface area contributed by atoms with Crippen molar-refractivity contribution >= 4 is 17.5 Å². The molecule has 8 nitrogen and oxygen atoms in total. The number of esters is 1. The molecule has 1 saturated heterocycles. The molecule has 32 heavy (non-hydrogen) atoms. The smallest absolute Gasteiger partial charge is 0.316 e. The lowest BCUT2D eigenvalue weighted by Gasteiger charge is -2.44. The normalized spacial score (nSPS) is 18.3. The molecule has 8 heteroatoms. The first-order valence-corrected chi connectivity index (χ1v) is 11.2. The summed E-state index contributed by atoms with van der Waals surface area (Å²) in [7, 11) is 0. The summed E-state index contributed by atoms with van der Waals surface area (Å²) >= 11 is 0. The van der Waals surface area contributed by atoms with Gasteiger partial charge in [0.15, 0.2) is 6.10 Å². The molecular weight excluding hydrogens is 406 g/mol. The van der Waals surface area contributed by atoms with Crippen molar-refractivity contribution < 1.29 is 14.3 Å². The van der Waals surface area contributed by atoms with Gasteiger partial charge in [0.25, 0.3) is 0 Å². The third-order valence-corrected chi connectivity index (χ3v) is 6.47. The summed E-state index contributed by atoms with van der Waals surface area (Å²) in [6, 6.07) is 9.87. The van der Waals surface area contributed by atoms with Crippen LogP contribution >= 0.6 is 0 Å². The second-order valence-corrected chi connectivity index (χ2v) is 8.38. The number of fused-ring (bicyclic) bond motifs is 1. The number of hydrogen-bond acceptors (Lipinski definition) is 7. The molecule has 0 spiro atoms. The van der Waals surface area contributed by atoms with Crippen LogP contribution < -0.4 is 20.7 Å². The SMILES string of the molecule is CCOC(=O)C1(C(Oc2ccc3c(c2)CNCC3)C(=N)N)CCN(c2ccncc2)CC1. The number of ether oxygens (including phenoxy) is 2. The molecule has 2 aromatic rings. The number of benzene rings is 1. The Morgan fingerprint density at radius 1 is 1.25 bits per heavy atom. The van der Waals surface area contributed by atoms with Crippen molar-refractivity contribution in [2.45, 2.75) is 38.8 Å². The number of piperidine rings is 1. The summed E-state index contributed by atoms with van der Waals surface area (Å²) in [6.07, 6.45) is 4.55. The largest absolute Gasteiger partial charge is 0.481 e. The minimum Gasteiger partial charge on any atom is -0.481 e. The van der Waals surface area contributed by atoms with Crippen LogP contribution in [-0.2, 0) is 22.5 Å². The number of rotatable bonds is 7. The molecule has 0 aliphatic carbocycles. The van der Waals surface area contributed by atoms with Crippen LogP contribution in [0.1, 0.15) is 30.9 Å². The zero-order valence-corrected chi connectivity index (χ0v) is 18.5. The number of pyridine rings is 1. The van der Waals surface area contributed by atoms with Crippen LogP contribution in [0.4, 0.5) is 5.69 Å². The number of amidine groups is 1. The second-order valence-electron chi connectivity index (χ2n) is 8.38. The number of carbonyl (C=O) groups excluding carboxylic acids is 1. The molecule has 1 fully saturated rings. The van der Waals surface area contributed by atoms with E-state index in [1.165, 1.54) is 11.1 Å².